The lowest BCUT2D eigenvalue weighted by atomic mass is 10.1. The van der Waals surface area contributed by atoms with Crippen LogP contribution in [0, 0.1) is 13.8 Å². The Bertz CT molecular complexity index is 541. The van der Waals surface area contributed by atoms with Crippen molar-refractivity contribution in [2.24, 2.45) is 0 Å². The van der Waals surface area contributed by atoms with E-state index in [1.165, 1.54) is 0 Å². The molecule has 1 aromatic carbocycles. The molecule has 0 aliphatic rings. The number of aromatic nitrogens is 2. The lowest BCUT2D eigenvalue weighted by molar-refractivity contribution is 0.0991. The number of rotatable bonds is 3. The number of carbonyl (C=O) groups excluding carboxylic acids is 1. The molecule has 0 saturated heterocycles. The van der Waals surface area contributed by atoms with Crippen LogP contribution in [0.1, 0.15) is 27.6 Å². The largest absolute Gasteiger partial charge is 0.345 e. The zero-order valence-electron chi connectivity index (χ0n) is 9.75. The highest BCUT2D eigenvalue weighted by Gasteiger charge is 2.10. The van der Waals surface area contributed by atoms with E-state index in [4.69, 9.17) is 11.6 Å². The summed E-state index contributed by atoms with van der Waals surface area (Å²) in [5.74, 6) is 0.714. The van der Waals surface area contributed by atoms with Gasteiger partial charge in [-0.2, -0.15) is 0 Å². The summed E-state index contributed by atoms with van der Waals surface area (Å²) in [6.07, 6.45) is 0.273. The van der Waals surface area contributed by atoms with E-state index in [0.29, 0.717) is 16.4 Å². The molecule has 0 aliphatic heterocycles. The Morgan fingerprint density at radius 1 is 1.41 bits per heavy atom. The first-order valence-electron chi connectivity index (χ1n) is 5.37. The Labute approximate surface area is 105 Å². The number of hydrogen-bond donors (Lipinski definition) is 1. The maximum Gasteiger partial charge on any atom is 0.170 e. The number of imidazole rings is 1. The van der Waals surface area contributed by atoms with Crippen LogP contribution in [0.2, 0.25) is 5.02 Å². The highest BCUT2D eigenvalue weighted by Crippen LogP contribution is 2.13. The van der Waals surface area contributed by atoms with Gasteiger partial charge in [-0.25, -0.2) is 4.98 Å². The quantitative estimate of drug-likeness (QED) is 0.849. The number of carbonyl (C=O) groups is 1. The number of hydrogen-bond acceptors (Lipinski definition) is 2. The van der Waals surface area contributed by atoms with Crippen LogP contribution >= 0.6 is 11.6 Å². The maximum absolute atomic E-state index is 12.0. The van der Waals surface area contributed by atoms with Crippen LogP contribution in [0.25, 0.3) is 0 Å². The second-order valence-corrected chi connectivity index (χ2v) is 4.44. The molecular weight excluding hydrogens is 236 g/mol. The smallest absolute Gasteiger partial charge is 0.170 e. The molecule has 4 heteroatoms. The number of ketones is 1. The summed E-state index contributed by atoms with van der Waals surface area (Å²) >= 11 is 5.85. The standard InChI is InChI=1S/C13H13ClN2O/c1-8-9(2)16-13(15-8)7-12(17)10-4-3-5-11(14)6-10/h3-6H,7H2,1-2H3,(H,15,16). The predicted molar refractivity (Wildman–Crippen MR) is 67.5 cm³/mol. The maximum atomic E-state index is 12.0. The molecule has 1 aromatic heterocycles. The third-order valence-corrected chi connectivity index (χ3v) is 2.89. The van der Waals surface area contributed by atoms with Crippen LogP contribution in [-0.4, -0.2) is 15.8 Å². The fourth-order valence-electron chi connectivity index (χ4n) is 1.62. The van der Waals surface area contributed by atoms with Crippen LogP contribution < -0.4 is 0 Å². The van der Waals surface area contributed by atoms with Gasteiger partial charge < -0.3 is 4.98 Å². The van der Waals surface area contributed by atoms with Crippen molar-refractivity contribution in [1.29, 1.82) is 0 Å². The fourth-order valence-corrected chi connectivity index (χ4v) is 1.81. The van der Waals surface area contributed by atoms with E-state index in [9.17, 15) is 4.79 Å². The van der Waals surface area contributed by atoms with Crippen molar-refractivity contribution in [3.05, 3.63) is 52.1 Å². The highest BCUT2D eigenvalue weighted by molar-refractivity contribution is 6.31. The van der Waals surface area contributed by atoms with Crippen molar-refractivity contribution in [2.75, 3.05) is 0 Å². The first-order chi connectivity index (χ1) is 8.06. The molecule has 0 amide bonds. The Balaban J connectivity index is 2.17. The van der Waals surface area contributed by atoms with Crippen molar-refractivity contribution in [2.45, 2.75) is 20.3 Å². The lowest BCUT2D eigenvalue weighted by Gasteiger charge is -1.99. The zero-order chi connectivity index (χ0) is 12.4. The molecule has 0 bridgehead atoms. The molecule has 2 aromatic rings. The van der Waals surface area contributed by atoms with E-state index < -0.39 is 0 Å². The SMILES string of the molecule is Cc1nc(CC(=O)c2cccc(Cl)c2)[nH]c1C. The van der Waals surface area contributed by atoms with Gasteiger partial charge in [0.05, 0.1) is 12.1 Å². The molecule has 3 nitrogen and oxygen atoms in total. The number of aromatic amines is 1. The van der Waals surface area contributed by atoms with Crippen molar-refractivity contribution in [1.82, 2.24) is 9.97 Å². The van der Waals surface area contributed by atoms with Gasteiger partial charge >= 0.3 is 0 Å². The summed E-state index contributed by atoms with van der Waals surface area (Å²) < 4.78 is 0. The summed E-state index contributed by atoms with van der Waals surface area (Å²) in [4.78, 5) is 19.4. The molecule has 2 rings (SSSR count). The Hall–Kier alpha value is -1.61. The van der Waals surface area contributed by atoms with E-state index in [0.717, 1.165) is 11.4 Å². The second-order valence-electron chi connectivity index (χ2n) is 4.00. The number of Topliss-reactive ketones (excluding diaryl/α,β-unsaturated/α-hetero) is 1. The van der Waals surface area contributed by atoms with Gasteiger partial charge in [0.25, 0.3) is 0 Å². The summed E-state index contributed by atoms with van der Waals surface area (Å²) in [6, 6.07) is 6.96. The van der Waals surface area contributed by atoms with Crippen molar-refractivity contribution in [3.63, 3.8) is 0 Å². The molecule has 0 atom stereocenters. The van der Waals surface area contributed by atoms with Gasteiger partial charge in [-0.3, -0.25) is 4.79 Å². The van der Waals surface area contributed by atoms with Crippen LogP contribution in [0.3, 0.4) is 0 Å². The molecule has 1 heterocycles. The molecule has 88 valence electrons. The third-order valence-electron chi connectivity index (χ3n) is 2.65. The molecular formula is C13H13ClN2O. The number of H-pyrrole nitrogens is 1. The van der Waals surface area contributed by atoms with Crippen molar-refractivity contribution < 1.29 is 4.79 Å². The van der Waals surface area contributed by atoms with Gasteiger partial charge in [0.2, 0.25) is 0 Å². The Kier molecular flexibility index (Phi) is 3.29. The summed E-state index contributed by atoms with van der Waals surface area (Å²) in [5.41, 5.74) is 2.54. The minimum absolute atomic E-state index is 0.0150. The monoisotopic (exact) mass is 248 g/mol. The molecule has 0 spiro atoms. The van der Waals surface area contributed by atoms with Gasteiger partial charge in [0, 0.05) is 16.3 Å². The average Bonchev–Trinajstić information content (AvgIpc) is 2.58. The minimum Gasteiger partial charge on any atom is -0.345 e. The number of nitrogens with zero attached hydrogens (tertiary/aromatic N) is 1. The molecule has 0 saturated carbocycles. The van der Waals surface area contributed by atoms with E-state index >= 15 is 0 Å². The van der Waals surface area contributed by atoms with E-state index in [-0.39, 0.29) is 12.2 Å². The lowest BCUT2D eigenvalue weighted by Crippen LogP contribution is -2.04. The van der Waals surface area contributed by atoms with Gasteiger partial charge in [-0.05, 0) is 26.0 Å². The second kappa shape index (κ2) is 4.72. The fraction of sp³-hybridized carbons (Fsp3) is 0.231. The van der Waals surface area contributed by atoms with Gasteiger partial charge in [-0.1, -0.05) is 23.7 Å². The van der Waals surface area contributed by atoms with E-state index in [1.54, 1.807) is 24.3 Å². The molecule has 17 heavy (non-hydrogen) atoms. The Morgan fingerprint density at radius 2 is 2.18 bits per heavy atom. The molecule has 0 aliphatic carbocycles. The van der Waals surface area contributed by atoms with Crippen LogP contribution in [0.4, 0.5) is 0 Å². The Morgan fingerprint density at radius 3 is 2.76 bits per heavy atom. The average molecular weight is 249 g/mol. The van der Waals surface area contributed by atoms with Crippen LogP contribution in [0.15, 0.2) is 24.3 Å². The molecule has 1 N–H and O–H groups in total. The van der Waals surface area contributed by atoms with Crippen molar-refractivity contribution in [3.8, 4) is 0 Å². The normalized spacial score (nSPS) is 10.5. The summed E-state index contributed by atoms with van der Waals surface area (Å²) in [6.45, 7) is 3.86. The van der Waals surface area contributed by atoms with Crippen molar-refractivity contribution >= 4 is 17.4 Å². The van der Waals surface area contributed by atoms with Gasteiger partial charge in [0.1, 0.15) is 5.82 Å². The van der Waals surface area contributed by atoms with Gasteiger partial charge in [-0.15, -0.1) is 0 Å². The molecule has 0 unspecified atom stereocenters. The number of nitrogens with one attached hydrogen (secondary N) is 1. The van der Waals surface area contributed by atoms with Crippen LogP contribution in [0.5, 0.6) is 0 Å². The zero-order valence-corrected chi connectivity index (χ0v) is 10.5. The summed E-state index contributed by atoms with van der Waals surface area (Å²) in [5, 5.41) is 0.572. The first-order valence-corrected chi connectivity index (χ1v) is 5.75. The summed E-state index contributed by atoms with van der Waals surface area (Å²) in [7, 11) is 0. The molecule has 0 fully saturated rings. The van der Waals surface area contributed by atoms with Gasteiger partial charge in [0.15, 0.2) is 5.78 Å². The number of benzene rings is 1. The predicted octanol–water partition coefficient (Wildman–Crippen LogP) is 3.11. The topological polar surface area (TPSA) is 45.8 Å². The minimum atomic E-state index is 0.0150. The molecule has 0 radical (unpaired) electrons. The van der Waals surface area contributed by atoms with E-state index in [1.807, 2.05) is 13.8 Å². The number of halogens is 1. The third kappa shape index (κ3) is 2.74. The van der Waals surface area contributed by atoms with E-state index in [2.05, 4.69) is 9.97 Å². The highest BCUT2D eigenvalue weighted by atomic mass is 35.5. The first kappa shape index (κ1) is 11.9. The number of aryl methyl sites for hydroxylation is 2. The van der Waals surface area contributed by atoms with Crippen LogP contribution in [-0.2, 0) is 6.42 Å².